The van der Waals surface area contributed by atoms with E-state index in [0.29, 0.717) is 12.5 Å². The number of rotatable bonds is 5. The van der Waals surface area contributed by atoms with E-state index < -0.39 is 22.6 Å². The van der Waals surface area contributed by atoms with Gasteiger partial charge in [-0.2, -0.15) is 0 Å². The van der Waals surface area contributed by atoms with Gasteiger partial charge in [-0.15, -0.1) is 0 Å². The van der Waals surface area contributed by atoms with Gasteiger partial charge in [0.2, 0.25) is 0 Å². The number of nitrogens with one attached hydrogen (secondary N) is 1. The number of carbonyl (C=O) groups excluding carboxylic acids is 1. The third kappa shape index (κ3) is 9.19. The van der Waals surface area contributed by atoms with Gasteiger partial charge in [0, 0.05) is 26.0 Å². The predicted octanol–water partition coefficient (Wildman–Crippen LogP) is 7.98. The van der Waals surface area contributed by atoms with Crippen LogP contribution < -0.4 is 10.2 Å². The molecule has 38 heavy (non-hydrogen) atoms. The Bertz CT molecular complexity index is 1180. The van der Waals surface area contributed by atoms with Gasteiger partial charge in [-0.1, -0.05) is 70.2 Å². The number of para-hydroxylation sites is 1. The van der Waals surface area contributed by atoms with Crippen LogP contribution in [0, 0.1) is 30.4 Å². The summed E-state index contributed by atoms with van der Waals surface area (Å²) < 4.78 is 26.7. The molecule has 1 fully saturated rings. The zero-order chi connectivity index (χ0) is 28.2. The van der Waals surface area contributed by atoms with Crippen molar-refractivity contribution in [2.24, 2.45) is 11.8 Å². The molecule has 1 aromatic heterocycles. The van der Waals surface area contributed by atoms with Crippen LogP contribution in [0.1, 0.15) is 75.5 Å². The maximum absolute atomic E-state index is 13.7. The molecule has 1 N–H and O–H groups in total. The van der Waals surface area contributed by atoms with E-state index in [0.717, 1.165) is 66.3 Å². The van der Waals surface area contributed by atoms with Gasteiger partial charge in [0.05, 0.1) is 11.1 Å². The number of aryl methyl sites for hydroxylation is 1. The number of halogens is 3. The van der Waals surface area contributed by atoms with Crippen LogP contribution >= 0.6 is 11.6 Å². The van der Waals surface area contributed by atoms with Gasteiger partial charge in [0.1, 0.15) is 22.5 Å². The quantitative estimate of drug-likeness (QED) is 0.329. The van der Waals surface area contributed by atoms with Gasteiger partial charge in [0.25, 0.3) is 5.91 Å². The van der Waals surface area contributed by atoms with Crippen LogP contribution in [0.4, 0.5) is 14.6 Å². The van der Waals surface area contributed by atoms with Crippen molar-refractivity contribution < 1.29 is 13.6 Å². The standard InChI is InChI=1S/C15H18ClF2NO.C11H13N3.C4H10/c1-9-2-4-10(5-3-9)8-19-15(20)11-6-7-12(17)13(16)14(11)18;1-8-12-10-7-5-4-6-9(10)11(13-8)14(2)3;1-3-4-2/h6-7,9-10H,2-5,8H2,1H3,(H,19,20);4-7H,1-3H3;3-4H2,1-2H3. The summed E-state index contributed by atoms with van der Waals surface area (Å²) in [6.45, 7) is 9.03. The van der Waals surface area contributed by atoms with Crippen LogP contribution in [0.25, 0.3) is 10.9 Å². The fourth-order valence-corrected chi connectivity index (χ4v) is 4.25. The van der Waals surface area contributed by atoms with E-state index in [1.807, 2.05) is 50.2 Å². The van der Waals surface area contributed by atoms with Gasteiger partial charge in [-0.25, -0.2) is 18.7 Å². The summed E-state index contributed by atoms with van der Waals surface area (Å²) in [7, 11) is 3.99. The molecule has 0 atom stereocenters. The Morgan fingerprint density at radius 2 is 1.66 bits per heavy atom. The fourth-order valence-electron chi connectivity index (χ4n) is 4.08. The number of benzene rings is 2. The molecule has 1 aliphatic carbocycles. The number of amides is 1. The first-order valence-electron chi connectivity index (χ1n) is 13.4. The third-order valence-corrected chi connectivity index (χ3v) is 6.93. The molecule has 5 nitrogen and oxygen atoms in total. The Morgan fingerprint density at radius 1 is 1.03 bits per heavy atom. The maximum Gasteiger partial charge on any atom is 0.254 e. The van der Waals surface area contributed by atoms with Crippen molar-refractivity contribution in [3.8, 4) is 0 Å². The second kappa shape index (κ2) is 15.6. The molecule has 0 spiro atoms. The van der Waals surface area contributed by atoms with Crippen LogP contribution in [-0.2, 0) is 0 Å². The van der Waals surface area contributed by atoms with Crippen LogP contribution in [0.3, 0.4) is 0 Å². The molecule has 3 aromatic rings. The predicted molar refractivity (Wildman–Crippen MR) is 154 cm³/mol. The Morgan fingerprint density at radius 3 is 2.26 bits per heavy atom. The molecule has 1 heterocycles. The summed E-state index contributed by atoms with van der Waals surface area (Å²) in [6, 6.07) is 10.2. The van der Waals surface area contributed by atoms with Crippen LogP contribution in [0.5, 0.6) is 0 Å². The first-order chi connectivity index (χ1) is 18.1. The number of unbranched alkanes of at least 4 members (excludes halogenated alkanes) is 1. The molecular weight excluding hydrogens is 506 g/mol. The molecule has 1 saturated carbocycles. The van der Waals surface area contributed by atoms with Gasteiger partial charge >= 0.3 is 0 Å². The number of carbonyl (C=O) groups is 1. The minimum absolute atomic E-state index is 0.208. The molecule has 0 aliphatic heterocycles. The zero-order valence-electron chi connectivity index (χ0n) is 23.5. The summed E-state index contributed by atoms with van der Waals surface area (Å²) in [5.41, 5.74) is 0.796. The van der Waals surface area contributed by atoms with Crippen molar-refractivity contribution in [3.05, 3.63) is 64.4 Å². The molecule has 1 amide bonds. The maximum atomic E-state index is 13.7. The molecule has 208 valence electrons. The minimum atomic E-state index is -0.999. The van der Waals surface area contributed by atoms with E-state index in [-0.39, 0.29) is 5.56 Å². The zero-order valence-corrected chi connectivity index (χ0v) is 24.2. The molecule has 0 unspecified atom stereocenters. The summed E-state index contributed by atoms with van der Waals surface area (Å²) in [5.74, 6) is 0.580. The highest BCUT2D eigenvalue weighted by Crippen LogP contribution is 2.28. The van der Waals surface area contributed by atoms with Gasteiger partial charge in [-0.3, -0.25) is 4.79 Å². The Hall–Kier alpha value is -2.80. The summed E-state index contributed by atoms with van der Waals surface area (Å²) in [4.78, 5) is 22.7. The Kier molecular flexibility index (Phi) is 12.9. The summed E-state index contributed by atoms with van der Waals surface area (Å²) >= 11 is 5.46. The second-order valence-electron chi connectivity index (χ2n) is 10.1. The molecule has 1 aliphatic rings. The molecule has 0 radical (unpaired) electrons. The normalized spacial score (nSPS) is 16.6. The number of hydrogen-bond donors (Lipinski definition) is 1. The van der Waals surface area contributed by atoms with E-state index >= 15 is 0 Å². The van der Waals surface area contributed by atoms with E-state index in [2.05, 4.69) is 36.1 Å². The molecule has 2 aromatic carbocycles. The second-order valence-corrected chi connectivity index (χ2v) is 10.4. The molecule has 0 bridgehead atoms. The number of hydrogen-bond acceptors (Lipinski definition) is 4. The SMILES string of the molecule is CC1CCC(CNC(=O)c2ccc(F)c(Cl)c2F)CC1.CCCC.Cc1nc(N(C)C)c2ccccc2n1. The summed E-state index contributed by atoms with van der Waals surface area (Å²) in [5, 5.41) is 3.18. The Labute approximate surface area is 231 Å². The van der Waals surface area contributed by atoms with Crippen molar-refractivity contribution >= 4 is 34.2 Å². The average Bonchev–Trinajstić information content (AvgIpc) is 2.91. The Balaban J connectivity index is 0.000000244. The fraction of sp³-hybridized carbons (Fsp3) is 0.500. The van der Waals surface area contributed by atoms with Gasteiger partial charge in [0.15, 0.2) is 5.82 Å². The van der Waals surface area contributed by atoms with Gasteiger partial charge < -0.3 is 10.2 Å². The highest BCUT2D eigenvalue weighted by Gasteiger charge is 2.21. The summed E-state index contributed by atoms with van der Waals surface area (Å²) in [6.07, 6.45) is 7.12. The lowest BCUT2D eigenvalue weighted by atomic mass is 9.83. The smallest absolute Gasteiger partial charge is 0.254 e. The lowest BCUT2D eigenvalue weighted by Crippen LogP contribution is -2.31. The van der Waals surface area contributed by atoms with Crippen LogP contribution in [-0.4, -0.2) is 36.5 Å². The number of nitrogens with zero attached hydrogens (tertiary/aromatic N) is 3. The lowest BCUT2D eigenvalue weighted by molar-refractivity contribution is 0.0937. The van der Waals surface area contributed by atoms with Crippen LogP contribution in [0.15, 0.2) is 36.4 Å². The van der Waals surface area contributed by atoms with E-state index in [1.54, 1.807) is 0 Å². The molecule has 0 saturated heterocycles. The monoisotopic (exact) mass is 546 g/mol. The first kappa shape index (κ1) is 31.4. The minimum Gasteiger partial charge on any atom is -0.362 e. The number of anilines is 1. The average molecular weight is 547 g/mol. The largest absolute Gasteiger partial charge is 0.362 e. The lowest BCUT2D eigenvalue weighted by Gasteiger charge is -2.26. The van der Waals surface area contributed by atoms with Crippen molar-refractivity contribution in [3.63, 3.8) is 0 Å². The van der Waals surface area contributed by atoms with Crippen molar-refractivity contribution in [1.29, 1.82) is 0 Å². The topological polar surface area (TPSA) is 58.1 Å². The highest BCUT2D eigenvalue weighted by molar-refractivity contribution is 6.31. The molecule has 4 rings (SSSR count). The van der Waals surface area contributed by atoms with Crippen molar-refractivity contribution in [1.82, 2.24) is 15.3 Å². The van der Waals surface area contributed by atoms with E-state index in [4.69, 9.17) is 11.6 Å². The van der Waals surface area contributed by atoms with Crippen molar-refractivity contribution in [2.75, 3.05) is 25.5 Å². The number of aromatic nitrogens is 2. The highest BCUT2D eigenvalue weighted by atomic mass is 35.5. The van der Waals surface area contributed by atoms with Crippen LogP contribution in [0.2, 0.25) is 5.02 Å². The van der Waals surface area contributed by atoms with E-state index in [1.165, 1.54) is 12.8 Å². The van der Waals surface area contributed by atoms with Gasteiger partial charge in [-0.05, 0) is 55.9 Å². The van der Waals surface area contributed by atoms with Crippen molar-refractivity contribution in [2.45, 2.75) is 66.2 Å². The van der Waals surface area contributed by atoms with E-state index in [9.17, 15) is 13.6 Å². The number of fused-ring (bicyclic) bond motifs is 1. The molecular formula is C30H41ClF2N4O. The molecule has 8 heteroatoms. The third-order valence-electron chi connectivity index (χ3n) is 6.59. The first-order valence-corrected chi connectivity index (χ1v) is 13.8.